The summed E-state index contributed by atoms with van der Waals surface area (Å²) in [6.45, 7) is 6.67. The predicted octanol–water partition coefficient (Wildman–Crippen LogP) is 2.73. The Bertz CT molecular complexity index is 447. The van der Waals surface area contributed by atoms with E-state index in [4.69, 9.17) is 4.74 Å². The van der Waals surface area contributed by atoms with Gasteiger partial charge in [0.05, 0.1) is 23.8 Å². The molecule has 0 amide bonds. The molecule has 1 N–H and O–H groups in total. The fourth-order valence-electron chi connectivity index (χ4n) is 2.42. The predicted molar refractivity (Wildman–Crippen MR) is 75.5 cm³/mol. The summed E-state index contributed by atoms with van der Waals surface area (Å²) in [5, 5.41) is 10.6. The van der Waals surface area contributed by atoms with Crippen molar-refractivity contribution in [1.82, 2.24) is 4.90 Å². The van der Waals surface area contributed by atoms with Crippen LogP contribution < -0.4 is 0 Å². The first kappa shape index (κ1) is 14.9. The van der Waals surface area contributed by atoms with Crippen LogP contribution in [0, 0.1) is 5.82 Å². The normalized spacial score (nSPS) is 19.4. The number of halogens is 2. The van der Waals surface area contributed by atoms with Crippen LogP contribution in [-0.2, 0) is 4.74 Å². The minimum atomic E-state index is -0.886. The molecule has 0 radical (unpaired) electrons. The molecule has 1 aliphatic rings. The summed E-state index contributed by atoms with van der Waals surface area (Å²) in [6.07, 6.45) is -0.886. The third kappa shape index (κ3) is 2.99. The second-order valence-corrected chi connectivity index (χ2v) is 6.15. The summed E-state index contributed by atoms with van der Waals surface area (Å²) in [4.78, 5) is 2.14. The molecule has 2 rings (SSSR count). The summed E-state index contributed by atoms with van der Waals surface area (Å²) >= 11 is 3.16. The van der Waals surface area contributed by atoms with Gasteiger partial charge in [-0.1, -0.05) is 12.1 Å². The van der Waals surface area contributed by atoms with E-state index < -0.39 is 17.5 Å². The fraction of sp³-hybridized carbons (Fsp3) is 0.571. The number of aliphatic hydroxyl groups excluding tert-OH is 1. The molecule has 1 saturated heterocycles. The maximum atomic E-state index is 14.1. The van der Waals surface area contributed by atoms with Crippen molar-refractivity contribution < 1.29 is 14.2 Å². The van der Waals surface area contributed by atoms with Crippen LogP contribution in [0.15, 0.2) is 22.7 Å². The van der Waals surface area contributed by atoms with E-state index in [1.165, 1.54) is 0 Å². The SMILES string of the molecule is CC(C)(C(O)c1cccc(Br)c1F)N1CCOCC1. The molecule has 1 fully saturated rings. The Hall–Kier alpha value is -0.490. The highest BCUT2D eigenvalue weighted by molar-refractivity contribution is 9.10. The quantitative estimate of drug-likeness (QED) is 0.924. The van der Waals surface area contributed by atoms with Gasteiger partial charge >= 0.3 is 0 Å². The molecule has 1 unspecified atom stereocenters. The fourth-order valence-corrected chi connectivity index (χ4v) is 2.81. The van der Waals surface area contributed by atoms with E-state index in [9.17, 15) is 9.50 Å². The Kier molecular flexibility index (Phi) is 4.61. The highest BCUT2D eigenvalue weighted by Crippen LogP contribution is 2.34. The van der Waals surface area contributed by atoms with Crippen LogP contribution in [0.1, 0.15) is 25.5 Å². The van der Waals surface area contributed by atoms with Crippen LogP contribution in [0.4, 0.5) is 4.39 Å². The van der Waals surface area contributed by atoms with E-state index in [0.29, 0.717) is 23.2 Å². The van der Waals surface area contributed by atoms with Crippen molar-refractivity contribution in [2.45, 2.75) is 25.5 Å². The highest BCUT2D eigenvalue weighted by atomic mass is 79.9. The van der Waals surface area contributed by atoms with Gasteiger partial charge in [-0.2, -0.15) is 0 Å². The molecule has 1 aromatic carbocycles. The first-order valence-corrected chi connectivity index (χ1v) is 7.18. The number of benzene rings is 1. The van der Waals surface area contributed by atoms with E-state index >= 15 is 0 Å². The molecular formula is C14H19BrFNO2. The highest BCUT2D eigenvalue weighted by Gasteiger charge is 2.37. The lowest BCUT2D eigenvalue weighted by molar-refractivity contribution is -0.0639. The van der Waals surface area contributed by atoms with E-state index in [1.807, 2.05) is 13.8 Å². The topological polar surface area (TPSA) is 32.7 Å². The molecular weight excluding hydrogens is 313 g/mol. The molecule has 0 spiro atoms. The molecule has 5 heteroatoms. The van der Waals surface area contributed by atoms with Crippen molar-refractivity contribution in [3.05, 3.63) is 34.1 Å². The lowest BCUT2D eigenvalue weighted by Crippen LogP contribution is -2.53. The first-order chi connectivity index (χ1) is 8.94. The van der Waals surface area contributed by atoms with Gasteiger partial charge in [-0.15, -0.1) is 0 Å². The zero-order valence-corrected chi connectivity index (χ0v) is 12.8. The van der Waals surface area contributed by atoms with E-state index in [0.717, 1.165) is 13.1 Å². The maximum Gasteiger partial charge on any atom is 0.143 e. The third-order valence-electron chi connectivity index (χ3n) is 3.77. The van der Waals surface area contributed by atoms with Crippen LogP contribution in [0.3, 0.4) is 0 Å². The summed E-state index contributed by atoms with van der Waals surface area (Å²) < 4.78 is 19.8. The monoisotopic (exact) mass is 331 g/mol. The standard InChI is InChI=1S/C14H19BrFNO2/c1-14(2,17-6-8-19-9-7-17)13(18)10-4-3-5-11(15)12(10)16/h3-5,13,18H,6-9H2,1-2H3. The van der Waals surface area contributed by atoms with Crippen molar-refractivity contribution in [2.75, 3.05) is 26.3 Å². The zero-order valence-electron chi connectivity index (χ0n) is 11.2. The van der Waals surface area contributed by atoms with Gasteiger partial charge < -0.3 is 9.84 Å². The van der Waals surface area contributed by atoms with Crippen LogP contribution in [0.2, 0.25) is 0 Å². The van der Waals surface area contributed by atoms with E-state index in [1.54, 1.807) is 18.2 Å². The molecule has 0 saturated carbocycles. The van der Waals surface area contributed by atoms with Gasteiger partial charge in [0.15, 0.2) is 0 Å². The Morgan fingerprint density at radius 2 is 2.00 bits per heavy atom. The van der Waals surface area contributed by atoms with Gasteiger partial charge in [0.25, 0.3) is 0 Å². The second-order valence-electron chi connectivity index (χ2n) is 5.30. The molecule has 3 nitrogen and oxygen atoms in total. The zero-order chi connectivity index (χ0) is 14.0. The number of aliphatic hydroxyl groups is 1. The molecule has 19 heavy (non-hydrogen) atoms. The maximum absolute atomic E-state index is 14.1. The number of hydrogen-bond donors (Lipinski definition) is 1. The Morgan fingerprint density at radius 3 is 2.63 bits per heavy atom. The Balaban J connectivity index is 2.26. The molecule has 0 aromatic heterocycles. The van der Waals surface area contributed by atoms with Crippen molar-refractivity contribution >= 4 is 15.9 Å². The third-order valence-corrected chi connectivity index (χ3v) is 4.38. The molecule has 0 aliphatic carbocycles. The van der Waals surface area contributed by atoms with Gasteiger partial charge in [0.1, 0.15) is 5.82 Å². The van der Waals surface area contributed by atoms with Crippen molar-refractivity contribution in [3.8, 4) is 0 Å². The number of morpholine rings is 1. The van der Waals surface area contributed by atoms with Gasteiger partial charge in [-0.05, 0) is 35.8 Å². The first-order valence-electron chi connectivity index (χ1n) is 6.39. The smallest absolute Gasteiger partial charge is 0.143 e. The van der Waals surface area contributed by atoms with Gasteiger partial charge in [-0.3, -0.25) is 4.90 Å². The summed E-state index contributed by atoms with van der Waals surface area (Å²) in [5.74, 6) is -0.392. The van der Waals surface area contributed by atoms with Crippen molar-refractivity contribution in [3.63, 3.8) is 0 Å². The van der Waals surface area contributed by atoms with E-state index in [2.05, 4.69) is 20.8 Å². The average molecular weight is 332 g/mol. The van der Waals surface area contributed by atoms with Gasteiger partial charge in [0, 0.05) is 24.2 Å². The Morgan fingerprint density at radius 1 is 1.37 bits per heavy atom. The number of hydrogen-bond acceptors (Lipinski definition) is 3. The van der Waals surface area contributed by atoms with Gasteiger partial charge in [0.2, 0.25) is 0 Å². The summed E-state index contributed by atoms with van der Waals surface area (Å²) in [5.41, 5.74) is -0.211. The molecule has 0 bridgehead atoms. The summed E-state index contributed by atoms with van der Waals surface area (Å²) in [6, 6.07) is 5.00. The number of ether oxygens (including phenoxy) is 1. The van der Waals surface area contributed by atoms with Crippen LogP contribution in [0.25, 0.3) is 0 Å². The molecule has 1 atom stereocenters. The lowest BCUT2D eigenvalue weighted by Gasteiger charge is -2.43. The van der Waals surface area contributed by atoms with Crippen LogP contribution in [0.5, 0.6) is 0 Å². The average Bonchev–Trinajstić information content (AvgIpc) is 2.42. The molecule has 1 aromatic rings. The largest absolute Gasteiger partial charge is 0.386 e. The molecule has 1 heterocycles. The molecule has 1 aliphatic heterocycles. The minimum Gasteiger partial charge on any atom is -0.386 e. The van der Waals surface area contributed by atoms with Crippen molar-refractivity contribution in [2.24, 2.45) is 0 Å². The van der Waals surface area contributed by atoms with E-state index in [-0.39, 0.29) is 0 Å². The van der Waals surface area contributed by atoms with Crippen LogP contribution >= 0.6 is 15.9 Å². The number of nitrogens with zero attached hydrogens (tertiary/aromatic N) is 1. The number of rotatable bonds is 3. The van der Waals surface area contributed by atoms with Crippen molar-refractivity contribution in [1.29, 1.82) is 0 Å². The Labute approximate surface area is 121 Å². The van der Waals surface area contributed by atoms with Crippen LogP contribution in [-0.4, -0.2) is 41.8 Å². The molecule has 106 valence electrons. The second kappa shape index (κ2) is 5.87. The van der Waals surface area contributed by atoms with Gasteiger partial charge in [-0.25, -0.2) is 4.39 Å². The lowest BCUT2D eigenvalue weighted by atomic mass is 9.89. The summed E-state index contributed by atoms with van der Waals surface area (Å²) in [7, 11) is 0. The minimum absolute atomic E-state index is 0.325.